The number of nitrogens with zero attached hydrogens (tertiary/aromatic N) is 4. The molecule has 158 valence electrons. The van der Waals surface area contributed by atoms with Gasteiger partial charge in [0.1, 0.15) is 23.9 Å². The predicted molar refractivity (Wildman–Crippen MR) is 106 cm³/mol. The highest BCUT2D eigenvalue weighted by Crippen LogP contribution is 2.40. The normalized spacial score (nSPS) is 24.8. The van der Waals surface area contributed by atoms with E-state index in [1.807, 2.05) is 0 Å². The summed E-state index contributed by atoms with van der Waals surface area (Å²) in [5.41, 5.74) is 1.07. The predicted octanol–water partition coefficient (Wildman–Crippen LogP) is 1.34. The van der Waals surface area contributed by atoms with E-state index in [-0.39, 0.29) is 11.7 Å². The van der Waals surface area contributed by atoms with Gasteiger partial charge in [-0.1, -0.05) is 18.2 Å². The number of ether oxygens (including phenoxy) is 1. The van der Waals surface area contributed by atoms with Gasteiger partial charge in [-0.3, -0.25) is 13.9 Å². The van der Waals surface area contributed by atoms with Crippen LogP contribution in [0.3, 0.4) is 0 Å². The van der Waals surface area contributed by atoms with E-state index in [4.69, 9.17) is 25.8 Å². The molecular formula is C17H17ClN5O6P. The van der Waals surface area contributed by atoms with Crippen LogP contribution in [-0.4, -0.2) is 59.6 Å². The van der Waals surface area contributed by atoms with Gasteiger partial charge in [0.2, 0.25) is 0 Å². The van der Waals surface area contributed by atoms with Crippen molar-refractivity contribution in [2.24, 2.45) is 0 Å². The highest BCUT2D eigenvalue weighted by atomic mass is 35.5. The van der Waals surface area contributed by atoms with Crippen molar-refractivity contribution in [3.8, 4) is 0 Å². The summed E-state index contributed by atoms with van der Waals surface area (Å²) in [5.74, 6) is -0.164. The molecule has 1 aliphatic rings. The topological polar surface area (TPSA) is 149 Å². The third-order valence-corrected chi connectivity index (χ3v) is 5.52. The molecule has 0 aliphatic carbocycles. The maximum absolute atomic E-state index is 12.5. The molecule has 1 aromatic carbocycles. The summed E-state index contributed by atoms with van der Waals surface area (Å²) in [6.45, 7) is -0.459. The first-order chi connectivity index (χ1) is 14.5. The first-order valence-corrected chi connectivity index (χ1v) is 10.5. The van der Waals surface area contributed by atoms with Crippen LogP contribution in [0.1, 0.15) is 16.6 Å². The molecule has 11 nitrogen and oxygen atoms in total. The Morgan fingerprint density at radius 3 is 2.77 bits per heavy atom. The lowest BCUT2D eigenvalue weighted by molar-refractivity contribution is -0.0393. The molecule has 30 heavy (non-hydrogen) atoms. The third kappa shape index (κ3) is 3.95. The van der Waals surface area contributed by atoms with E-state index in [2.05, 4.69) is 20.3 Å². The van der Waals surface area contributed by atoms with Crippen molar-refractivity contribution in [3.05, 3.63) is 48.5 Å². The number of aliphatic hydroxyl groups is 1. The van der Waals surface area contributed by atoms with Crippen molar-refractivity contribution in [1.29, 1.82) is 0 Å². The van der Waals surface area contributed by atoms with Gasteiger partial charge in [-0.05, 0) is 12.1 Å². The van der Waals surface area contributed by atoms with Crippen LogP contribution in [0, 0.1) is 0 Å². The van der Waals surface area contributed by atoms with Crippen LogP contribution < -0.4 is 5.32 Å². The lowest BCUT2D eigenvalue weighted by Gasteiger charge is -2.17. The molecule has 2 aromatic heterocycles. The van der Waals surface area contributed by atoms with E-state index in [9.17, 15) is 14.5 Å². The van der Waals surface area contributed by atoms with Crippen LogP contribution in [0.5, 0.6) is 0 Å². The van der Waals surface area contributed by atoms with E-state index >= 15 is 0 Å². The Hall–Kier alpha value is -2.40. The minimum Gasteiger partial charge on any atom is -0.394 e. The summed E-state index contributed by atoms with van der Waals surface area (Å²) in [4.78, 5) is 34.1. The van der Waals surface area contributed by atoms with Crippen LogP contribution in [0.15, 0.2) is 43.0 Å². The Balaban J connectivity index is 1.63. The SMILES string of the molecule is O=C(Nc1ncnc2c1ncn2[C@@H]1O[C@H](CO)[C@@H](O[PH](=O)O)[C@H]1Cl)c1ccccc1. The van der Waals surface area contributed by atoms with E-state index in [0.29, 0.717) is 16.7 Å². The fourth-order valence-corrected chi connectivity index (χ4v) is 4.23. The van der Waals surface area contributed by atoms with Gasteiger partial charge in [0.05, 0.1) is 12.9 Å². The maximum Gasteiger partial charge on any atom is 0.316 e. The van der Waals surface area contributed by atoms with E-state index in [1.54, 1.807) is 30.3 Å². The van der Waals surface area contributed by atoms with Crippen molar-refractivity contribution in [1.82, 2.24) is 19.5 Å². The highest BCUT2D eigenvalue weighted by Gasteiger charge is 2.46. The number of halogens is 1. The van der Waals surface area contributed by atoms with Crippen LogP contribution in [0.4, 0.5) is 5.82 Å². The van der Waals surface area contributed by atoms with Gasteiger partial charge in [0, 0.05) is 5.56 Å². The zero-order valence-corrected chi connectivity index (χ0v) is 17.0. The highest BCUT2D eigenvalue weighted by molar-refractivity contribution is 7.32. The molecule has 0 saturated carbocycles. The summed E-state index contributed by atoms with van der Waals surface area (Å²) in [7, 11) is -3.30. The number of rotatable bonds is 6. The largest absolute Gasteiger partial charge is 0.394 e. The molecule has 0 radical (unpaired) electrons. The smallest absolute Gasteiger partial charge is 0.316 e. The number of imidazole rings is 1. The minimum absolute atomic E-state index is 0.198. The molecule has 1 amide bonds. The van der Waals surface area contributed by atoms with Gasteiger partial charge < -0.3 is 24.6 Å². The number of benzene rings is 1. The zero-order valence-electron chi connectivity index (χ0n) is 15.3. The van der Waals surface area contributed by atoms with E-state index in [0.717, 1.165) is 0 Å². The molecule has 1 saturated heterocycles. The standard InChI is InChI=1S/C17H17ClN5O6P/c18-11-13(29-30(26)27)10(6-24)28-17(11)23-8-21-12-14(19-7-20-15(12)23)22-16(25)9-4-2-1-3-5-9/h1-5,7-8,10-11,13,17,24,30H,6H2,(H,26,27)(H,19,20,22,25)/t10-,11-,13-,17-/m1/s1. The molecule has 4 rings (SSSR count). The Kier molecular flexibility index (Phi) is 6.09. The lowest BCUT2D eigenvalue weighted by atomic mass is 10.2. The maximum atomic E-state index is 12.5. The van der Waals surface area contributed by atoms with Crippen molar-refractivity contribution < 1.29 is 28.6 Å². The number of aliphatic hydroxyl groups excluding tert-OH is 1. The van der Waals surface area contributed by atoms with E-state index < -0.39 is 38.7 Å². The third-order valence-electron chi connectivity index (χ3n) is 4.58. The number of carbonyl (C=O) groups excluding carboxylic acids is 1. The van der Waals surface area contributed by atoms with Gasteiger partial charge in [0.15, 0.2) is 23.2 Å². The van der Waals surface area contributed by atoms with Gasteiger partial charge in [-0.15, -0.1) is 11.6 Å². The molecule has 3 N–H and O–H groups in total. The van der Waals surface area contributed by atoms with Crippen molar-refractivity contribution >= 4 is 42.7 Å². The number of aromatic nitrogens is 4. The monoisotopic (exact) mass is 453 g/mol. The lowest BCUT2D eigenvalue weighted by Crippen LogP contribution is -2.31. The second kappa shape index (κ2) is 8.76. The summed E-state index contributed by atoms with van der Waals surface area (Å²) in [6, 6.07) is 8.62. The quantitative estimate of drug-likeness (QED) is 0.371. The summed E-state index contributed by atoms with van der Waals surface area (Å²) < 4.78 is 23.3. The van der Waals surface area contributed by atoms with Crippen molar-refractivity contribution in [2.75, 3.05) is 11.9 Å². The average Bonchev–Trinajstić information content (AvgIpc) is 3.30. The van der Waals surface area contributed by atoms with Crippen molar-refractivity contribution in [2.45, 2.75) is 23.8 Å². The summed E-state index contributed by atoms with van der Waals surface area (Å²) in [6.07, 6.45) is -0.142. The van der Waals surface area contributed by atoms with E-state index in [1.165, 1.54) is 17.2 Å². The number of hydrogen-bond donors (Lipinski definition) is 3. The number of fused-ring (bicyclic) bond motifs is 1. The van der Waals surface area contributed by atoms with Crippen LogP contribution in [-0.2, 0) is 13.8 Å². The molecule has 3 heterocycles. The second-order valence-corrected chi connectivity index (χ2v) is 7.68. The number of hydrogen-bond acceptors (Lipinski definition) is 8. The minimum atomic E-state index is -3.30. The fraction of sp³-hybridized carbons (Fsp3) is 0.294. The molecule has 3 aromatic rings. The fourth-order valence-electron chi connectivity index (χ4n) is 3.22. The second-order valence-electron chi connectivity index (χ2n) is 6.41. The number of nitrogens with one attached hydrogen (secondary N) is 1. The van der Waals surface area contributed by atoms with Crippen LogP contribution >= 0.6 is 19.9 Å². The molecule has 1 aliphatic heterocycles. The molecule has 0 spiro atoms. The Bertz CT molecular complexity index is 1080. The average molecular weight is 454 g/mol. The van der Waals surface area contributed by atoms with Crippen LogP contribution in [0.25, 0.3) is 11.2 Å². The first-order valence-electron chi connectivity index (χ1n) is 8.83. The number of anilines is 1. The molecule has 5 atom stereocenters. The number of carbonyl (C=O) groups is 1. The van der Waals surface area contributed by atoms with Gasteiger partial charge >= 0.3 is 8.25 Å². The summed E-state index contributed by atoms with van der Waals surface area (Å²) in [5, 5.41) is 11.3. The molecule has 13 heteroatoms. The number of amides is 1. The van der Waals surface area contributed by atoms with Gasteiger partial charge in [-0.25, -0.2) is 15.0 Å². The number of alkyl halides is 1. The van der Waals surface area contributed by atoms with Crippen LogP contribution in [0.2, 0.25) is 0 Å². The molecule has 1 fully saturated rings. The Labute approximate surface area is 175 Å². The summed E-state index contributed by atoms with van der Waals surface area (Å²) >= 11 is 6.40. The Morgan fingerprint density at radius 1 is 1.30 bits per heavy atom. The molecular weight excluding hydrogens is 437 g/mol. The zero-order chi connectivity index (χ0) is 21.3. The molecule has 1 unspecified atom stereocenters. The van der Waals surface area contributed by atoms with Crippen molar-refractivity contribution in [3.63, 3.8) is 0 Å². The first kappa shape index (κ1) is 20.9. The Morgan fingerprint density at radius 2 is 2.07 bits per heavy atom. The van der Waals surface area contributed by atoms with Gasteiger partial charge in [-0.2, -0.15) is 0 Å². The molecule has 0 bridgehead atoms. The van der Waals surface area contributed by atoms with Gasteiger partial charge in [0.25, 0.3) is 5.91 Å².